The number of aromatic nitrogens is 4. The lowest BCUT2D eigenvalue weighted by Crippen LogP contribution is -2.10. The van der Waals surface area contributed by atoms with Crippen LogP contribution in [-0.4, -0.2) is 25.3 Å². The molecule has 0 spiro atoms. The van der Waals surface area contributed by atoms with Gasteiger partial charge in [-0.25, -0.2) is 9.37 Å². The third kappa shape index (κ3) is 2.71. The van der Waals surface area contributed by atoms with E-state index < -0.39 is 11.3 Å². The van der Waals surface area contributed by atoms with Crippen LogP contribution in [0.2, 0.25) is 0 Å². The van der Waals surface area contributed by atoms with Crippen LogP contribution >= 0.6 is 0 Å². The summed E-state index contributed by atoms with van der Waals surface area (Å²) in [6.45, 7) is 1.57. The molecule has 0 aliphatic heterocycles. The molecule has 3 aromatic rings. The molecule has 0 saturated carbocycles. The minimum atomic E-state index is -0.680. The number of aromatic hydroxyl groups is 1. The maximum atomic E-state index is 12.9. The molecule has 0 aliphatic carbocycles. The number of halogens is 1. The van der Waals surface area contributed by atoms with E-state index in [1.807, 2.05) is 0 Å². The molecule has 112 valence electrons. The highest BCUT2D eigenvalue weighted by atomic mass is 19.1. The maximum absolute atomic E-state index is 12.9. The number of hydrogen-bond acceptors (Lipinski definition) is 6. The van der Waals surface area contributed by atoms with Crippen LogP contribution in [0.3, 0.4) is 0 Å². The monoisotopic (exact) mass is 302 g/mol. The Morgan fingerprint density at radius 1 is 1.27 bits per heavy atom. The van der Waals surface area contributed by atoms with E-state index in [2.05, 4.69) is 20.2 Å². The lowest BCUT2D eigenvalue weighted by molar-refractivity contribution is 0.457. The van der Waals surface area contributed by atoms with Crippen molar-refractivity contribution in [2.45, 2.75) is 13.3 Å². The molecule has 7 nitrogen and oxygen atoms in total. The molecule has 1 aromatic carbocycles. The first kappa shape index (κ1) is 13.9. The number of rotatable bonds is 3. The Bertz CT molecular complexity index is 871. The zero-order valence-electron chi connectivity index (χ0n) is 11.5. The first-order chi connectivity index (χ1) is 10.5. The van der Waals surface area contributed by atoms with Gasteiger partial charge >= 0.3 is 0 Å². The van der Waals surface area contributed by atoms with Gasteiger partial charge in [-0.15, -0.1) is 10.2 Å². The highest BCUT2D eigenvalue weighted by Gasteiger charge is 2.17. The fourth-order valence-electron chi connectivity index (χ4n) is 1.93. The number of hydrogen-bond donors (Lipinski definition) is 2. The van der Waals surface area contributed by atoms with E-state index in [-0.39, 0.29) is 23.3 Å². The van der Waals surface area contributed by atoms with Crippen molar-refractivity contribution >= 4 is 0 Å². The van der Waals surface area contributed by atoms with Gasteiger partial charge in [0.1, 0.15) is 11.6 Å². The van der Waals surface area contributed by atoms with E-state index in [9.17, 15) is 14.3 Å². The Morgan fingerprint density at radius 3 is 2.73 bits per heavy atom. The average molecular weight is 302 g/mol. The number of benzene rings is 1. The van der Waals surface area contributed by atoms with Crippen molar-refractivity contribution in [1.29, 1.82) is 0 Å². The van der Waals surface area contributed by atoms with Gasteiger partial charge < -0.3 is 14.5 Å². The molecule has 0 fully saturated rings. The van der Waals surface area contributed by atoms with Gasteiger partial charge in [-0.05, 0) is 24.6 Å². The van der Waals surface area contributed by atoms with Crippen molar-refractivity contribution in [2.24, 2.45) is 0 Å². The lowest BCUT2D eigenvalue weighted by Gasteiger charge is -1.99. The Balaban J connectivity index is 1.91. The highest BCUT2D eigenvalue weighted by Crippen LogP contribution is 2.22. The standard InChI is InChI=1S/C14H11FN4O3/c1-7-16-11(12(20)13(21)17-7)14-19-18-10(22-14)6-8-2-4-9(15)5-3-8/h2-5,20H,6H2,1H3,(H,16,17,21). The second-order valence-corrected chi connectivity index (χ2v) is 4.65. The zero-order chi connectivity index (χ0) is 15.7. The molecular weight excluding hydrogens is 291 g/mol. The second kappa shape index (κ2) is 5.40. The number of aryl methyl sites for hydroxylation is 1. The summed E-state index contributed by atoms with van der Waals surface area (Å²) in [5, 5.41) is 17.3. The van der Waals surface area contributed by atoms with Crippen LogP contribution in [0, 0.1) is 12.7 Å². The van der Waals surface area contributed by atoms with Gasteiger partial charge in [0.2, 0.25) is 11.6 Å². The van der Waals surface area contributed by atoms with E-state index in [1.165, 1.54) is 12.1 Å². The summed E-state index contributed by atoms with van der Waals surface area (Å²) in [6, 6.07) is 5.87. The van der Waals surface area contributed by atoms with E-state index in [4.69, 9.17) is 4.42 Å². The van der Waals surface area contributed by atoms with Gasteiger partial charge in [0.15, 0.2) is 5.69 Å². The van der Waals surface area contributed by atoms with Crippen LogP contribution in [0.4, 0.5) is 4.39 Å². The topological polar surface area (TPSA) is 105 Å². The normalized spacial score (nSPS) is 10.8. The molecule has 0 saturated heterocycles. The van der Waals surface area contributed by atoms with Crippen LogP contribution in [-0.2, 0) is 6.42 Å². The first-order valence-corrected chi connectivity index (χ1v) is 6.40. The highest BCUT2D eigenvalue weighted by molar-refractivity contribution is 5.55. The molecule has 3 rings (SSSR count). The molecule has 2 aromatic heterocycles. The fourth-order valence-corrected chi connectivity index (χ4v) is 1.93. The minimum absolute atomic E-state index is 0.0520. The predicted octanol–water partition coefficient (Wildman–Crippen LogP) is 1.56. The quantitative estimate of drug-likeness (QED) is 0.760. The van der Waals surface area contributed by atoms with Gasteiger partial charge in [0.25, 0.3) is 11.4 Å². The second-order valence-electron chi connectivity index (χ2n) is 4.65. The molecule has 2 N–H and O–H groups in total. The SMILES string of the molecule is Cc1nc(-c2nnc(Cc3ccc(F)cc3)o2)c(O)c(=O)[nH]1. The minimum Gasteiger partial charge on any atom is -0.501 e. The Morgan fingerprint density at radius 2 is 2.00 bits per heavy atom. The summed E-state index contributed by atoms with van der Waals surface area (Å²) in [5.41, 5.74) is 0.0377. The van der Waals surface area contributed by atoms with Crippen molar-refractivity contribution in [1.82, 2.24) is 20.2 Å². The number of nitrogens with zero attached hydrogens (tertiary/aromatic N) is 3. The Labute approximate surface area is 123 Å². The van der Waals surface area contributed by atoms with E-state index in [0.717, 1.165) is 5.56 Å². The van der Waals surface area contributed by atoms with E-state index in [0.29, 0.717) is 12.2 Å². The fraction of sp³-hybridized carbons (Fsp3) is 0.143. The van der Waals surface area contributed by atoms with Crippen molar-refractivity contribution in [2.75, 3.05) is 0 Å². The summed E-state index contributed by atoms with van der Waals surface area (Å²) in [7, 11) is 0. The van der Waals surface area contributed by atoms with Crippen molar-refractivity contribution in [3.05, 3.63) is 57.7 Å². The van der Waals surface area contributed by atoms with Crippen molar-refractivity contribution in [3.8, 4) is 17.3 Å². The molecule has 0 bridgehead atoms. The van der Waals surface area contributed by atoms with Crippen molar-refractivity contribution in [3.63, 3.8) is 0 Å². The van der Waals surface area contributed by atoms with Crippen molar-refractivity contribution < 1.29 is 13.9 Å². The largest absolute Gasteiger partial charge is 0.501 e. The number of H-pyrrole nitrogens is 1. The summed E-state index contributed by atoms with van der Waals surface area (Å²) in [6.07, 6.45) is 0.302. The molecule has 0 radical (unpaired) electrons. The summed E-state index contributed by atoms with van der Waals surface area (Å²) >= 11 is 0. The van der Waals surface area contributed by atoms with E-state index >= 15 is 0 Å². The Kier molecular flexibility index (Phi) is 3.42. The molecule has 0 atom stereocenters. The lowest BCUT2D eigenvalue weighted by atomic mass is 10.1. The smallest absolute Gasteiger partial charge is 0.293 e. The molecule has 0 unspecified atom stereocenters. The van der Waals surface area contributed by atoms with Gasteiger partial charge in [-0.2, -0.15) is 0 Å². The predicted molar refractivity (Wildman–Crippen MR) is 73.8 cm³/mol. The van der Waals surface area contributed by atoms with Crippen LogP contribution < -0.4 is 5.56 Å². The van der Waals surface area contributed by atoms with Gasteiger partial charge in [0.05, 0.1) is 6.42 Å². The van der Waals surface area contributed by atoms with Crippen LogP contribution in [0.25, 0.3) is 11.6 Å². The molecule has 0 aliphatic rings. The maximum Gasteiger partial charge on any atom is 0.293 e. The van der Waals surface area contributed by atoms with Gasteiger partial charge in [-0.3, -0.25) is 4.79 Å². The molecule has 22 heavy (non-hydrogen) atoms. The molecule has 0 amide bonds. The Hall–Kier alpha value is -3.03. The van der Waals surface area contributed by atoms with E-state index in [1.54, 1.807) is 19.1 Å². The number of nitrogens with one attached hydrogen (secondary N) is 1. The molecular formula is C14H11FN4O3. The first-order valence-electron chi connectivity index (χ1n) is 6.40. The molecule has 8 heteroatoms. The van der Waals surface area contributed by atoms with Gasteiger partial charge in [-0.1, -0.05) is 12.1 Å². The summed E-state index contributed by atoms with van der Waals surface area (Å²) in [5.74, 6) is -0.383. The average Bonchev–Trinajstić information content (AvgIpc) is 2.93. The third-order valence-electron chi connectivity index (χ3n) is 2.95. The molecule has 2 heterocycles. The summed E-state index contributed by atoms with van der Waals surface area (Å²) < 4.78 is 18.3. The van der Waals surface area contributed by atoms with Crippen LogP contribution in [0.15, 0.2) is 33.5 Å². The third-order valence-corrected chi connectivity index (χ3v) is 2.95. The summed E-state index contributed by atoms with van der Waals surface area (Å²) in [4.78, 5) is 17.8. The van der Waals surface area contributed by atoms with Crippen LogP contribution in [0.1, 0.15) is 17.3 Å². The number of aromatic amines is 1. The van der Waals surface area contributed by atoms with Gasteiger partial charge in [0, 0.05) is 0 Å². The van der Waals surface area contributed by atoms with Crippen LogP contribution in [0.5, 0.6) is 5.75 Å². The zero-order valence-corrected chi connectivity index (χ0v) is 11.5.